The monoisotopic (exact) mass is 230 g/mol. The lowest BCUT2D eigenvalue weighted by Crippen LogP contribution is -2.22. The first-order chi connectivity index (χ1) is 7.34. The van der Waals surface area contributed by atoms with Gasteiger partial charge in [-0.2, -0.15) is 18.4 Å². The first kappa shape index (κ1) is 12.3. The molecule has 0 spiro atoms. The highest BCUT2D eigenvalue weighted by Gasteiger charge is 2.33. The summed E-state index contributed by atoms with van der Waals surface area (Å²) in [7, 11) is 3.17. The number of rotatable bonds is 2. The molecule has 86 valence electrons. The highest BCUT2D eigenvalue weighted by atomic mass is 19.4. The van der Waals surface area contributed by atoms with Crippen LogP contribution in [0.15, 0.2) is 12.1 Å². The van der Waals surface area contributed by atoms with Crippen LogP contribution in [0.25, 0.3) is 0 Å². The van der Waals surface area contributed by atoms with Crippen LogP contribution < -0.4 is 5.43 Å². The minimum absolute atomic E-state index is 0.0571. The second kappa shape index (κ2) is 4.37. The van der Waals surface area contributed by atoms with Gasteiger partial charge in [0.15, 0.2) is 5.82 Å². The van der Waals surface area contributed by atoms with Crippen LogP contribution in [-0.4, -0.2) is 24.1 Å². The van der Waals surface area contributed by atoms with E-state index in [0.717, 1.165) is 12.1 Å². The highest BCUT2D eigenvalue weighted by Crippen LogP contribution is 2.29. The number of hydrogen-bond donors (Lipinski definition) is 1. The number of anilines is 1. The normalized spacial score (nSPS) is 11.3. The Hall–Kier alpha value is -1.81. The van der Waals surface area contributed by atoms with Crippen molar-refractivity contribution in [1.82, 2.24) is 9.99 Å². The lowest BCUT2D eigenvalue weighted by Gasteiger charge is -2.15. The van der Waals surface area contributed by atoms with Gasteiger partial charge in [0.05, 0.1) is 5.56 Å². The molecule has 0 aliphatic heterocycles. The minimum Gasteiger partial charge on any atom is -0.303 e. The van der Waals surface area contributed by atoms with E-state index in [1.54, 1.807) is 20.2 Å². The molecule has 0 fully saturated rings. The summed E-state index contributed by atoms with van der Waals surface area (Å²) in [5.74, 6) is -0.109. The predicted octanol–water partition coefficient (Wildman–Crippen LogP) is 1.86. The molecule has 1 N–H and O–H groups in total. The Balaban J connectivity index is 3.18. The van der Waals surface area contributed by atoms with Crippen molar-refractivity contribution in [3.05, 3.63) is 23.4 Å². The van der Waals surface area contributed by atoms with Crippen LogP contribution in [0.5, 0.6) is 0 Å². The molecule has 16 heavy (non-hydrogen) atoms. The minimum atomic E-state index is -4.52. The van der Waals surface area contributed by atoms with Gasteiger partial charge >= 0.3 is 6.18 Å². The summed E-state index contributed by atoms with van der Waals surface area (Å²) in [6.07, 6.45) is -4.52. The van der Waals surface area contributed by atoms with Crippen molar-refractivity contribution in [3.8, 4) is 6.07 Å². The molecule has 1 heterocycles. The molecule has 0 amide bonds. The van der Waals surface area contributed by atoms with Gasteiger partial charge in [0.25, 0.3) is 0 Å². The van der Waals surface area contributed by atoms with Crippen molar-refractivity contribution in [1.29, 1.82) is 5.26 Å². The van der Waals surface area contributed by atoms with Crippen LogP contribution in [0.3, 0.4) is 0 Å². The summed E-state index contributed by atoms with van der Waals surface area (Å²) in [4.78, 5) is 3.35. The summed E-state index contributed by atoms with van der Waals surface area (Å²) >= 11 is 0. The summed E-state index contributed by atoms with van der Waals surface area (Å²) in [5.41, 5.74) is 1.56. The fraction of sp³-hybridized carbons (Fsp3) is 0.333. The Bertz CT molecular complexity index is 420. The Morgan fingerprint density at radius 1 is 1.38 bits per heavy atom. The molecule has 4 nitrogen and oxygen atoms in total. The molecule has 0 saturated heterocycles. The van der Waals surface area contributed by atoms with Crippen molar-refractivity contribution >= 4 is 5.82 Å². The van der Waals surface area contributed by atoms with E-state index >= 15 is 0 Å². The van der Waals surface area contributed by atoms with Crippen LogP contribution >= 0.6 is 0 Å². The molecule has 1 rings (SSSR count). The molecule has 0 bridgehead atoms. The summed E-state index contributed by atoms with van der Waals surface area (Å²) in [5, 5.41) is 10.1. The van der Waals surface area contributed by atoms with Crippen LogP contribution in [0, 0.1) is 11.3 Å². The van der Waals surface area contributed by atoms with E-state index in [1.165, 1.54) is 5.01 Å². The standard InChI is InChI=1S/C9H9F3N4/c1-16(2)15-8-6(5-13)3-4-7(14-8)9(10,11)12/h3-4H,1-2H3,(H,14,15). The molecule has 0 unspecified atom stereocenters. The van der Waals surface area contributed by atoms with E-state index in [9.17, 15) is 13.2 Å². The van der Waals surface area contributed by atoms with Gasteiger partial charge < -0.3 is 5.43 Å². The first-order valence-corrected chi connectivity index (χ1v) is 4.27. The first-order valence-electron chi connectivity index (χ1n) is 4.27. The number of aromatic nitrogens is 1. The summed E-state index contributed by atoms with van der Waals surface area (Å²) < 4.78 is 37.1. The molecule has 0 saturated carbocycles. The second-order valence-corrected chi connectivity index (χ2v) is 3.21. The maximum atomic E-state index is 12.4. The lowest BCUT2D eigenvalue weighted by atomic mass is 10.2. The number of halogens is 3. The van der Waals surface area contributed by atoms with Crippen LogP contribution in [0.4, 0.5) is 19.0 Å². The molecule has 1 aromatic rings. The van der Waals surface area contributed by atoms with Crippen LogP contribution in [0.1, 0.15) is 11.3 Å². The topological polar surface area (TPSA) is 52.0 Å². The van der Waals surface area contributed by atoms with E-state index in [-0.39, 0.29) is 11.4 Å². The smallest absolute Gasteiger partial charge is 0.303 e. The average Bonchev–Trinajstić information content (AvgIpc) is 2.15. The largest absolute Gasteiger partial charge is 0.433 e. The van der Waals surface area contributed by atoms with Gasteiger partial charge in [0, 0.05) is 14.1 Å². The zero-order valence-corrected chi connectivity index (χ0v) is 8.63. The molecule has 0 aromatic carbocycles. The van der Waals surface area contributed by atoms with Gasteiger partial charge in [-0.25, -0.2) is 9.99 Å². The van der Waals surface area contributed by atoms with E-state index in [2.05, 4.69) is 10.4 Å². The number of hydrazine groups is 1. The third-order valence-corrected chi connectivity index (χ3v) is 1.64. The Morgan fingerprint density at radius 2 is 2.00 bits per heavy atom. The van der Waals surface area contributed by atoms with E-state index < -0.39 is 11.9 Å². The van der Waals surface area contributed by atoms with E-state index in [4.69, 9.17) is 5.26 Å². The Kier molecular flexibility index (Phi) is 3.34. The number of pyridine rings is 1. The fourth-order valence-corrected chi connectivity index (χ4v) is 1.00. The number of nitrogens with one attached hydrogen (secondary N) is 1. The molecular formula is C9H9F3N4. The fourth-order valence-electron chi connectivity index (χ4n) is 1.00. The predicted molar refractivity (Wildman–Crippen MR) is 51.3 cm³/mol. The van der Waals surface area contributed by atoms with Crippen molar-refractivity contribution in [2.75, 3.05) is 19.5 Å². The van der Waals surface area contributed by atoms with Crippen molar-refractivity contribution < 1.29 is 13.2 Å². The van der Waals surface area contributed by atoms with Crippen molar-refractivity contribution in [3.63, 3.8) is 0 Å². The molecule has 1 aromatic heterocycles. The van der Waals surface area contributed by atoms with Gasteiger partial charge in [-0.05, 0) is 12.1 Å². The molecule has 0 aliphatic carbocycles. The Labute approximate surface area is 90.3 Å². The number of nitrogens with zero attached hydrogens (tertiary/aromatic N) is 3. The van der Waals surface area contributed by atoms with Gasteiger partial charge in [-0.3, -0.25) is 0 Å². The van der Waals surface area contributed by atoms with E-state index in [0.29, 0.717) is 0 Å². The maximum Gasteiger partial charge on any atom is 0.433 e. The number of alkyl halides is 3. The second-order valence-electron chi connectivity index (χ2n) is 3.21. The van der Waals surface area contributed by atoms with Crippen LogP contribution in [0.2, 0.25) is 0 Å². The molecule has 0 atom stereocenters. The maximum absolute atomic E-state index is 12.4. The highest BCUT2D eigenvalue weighted by molar-refractivity contribution is 5.51. The van der Waals surface area contributed by atoms with Crippen molar-refractivity contribution in [2.24, 2.45) is 0 Å². The van der Waals surface area contributed by atoms with Gasteiger partial charge in [0.2, 0.25) is 0 Å². The number of hydrogen-bond acceptors (Lipinski definition) is 4. The van der Waals surface area contributed by atoms with Gasteiger partial charge in [-0.15, -0.1) is 0 Å². The molecule has 0 radical (unpaired) electrons. The van der Waals surface area contributed by atoms with Gasteiger partial charge in [0.1, 0.15) is 11.8 Å². The third-order valence-electron chi connectivity index (χ3n) is 1.64. The quantitative estimate of drug-likeness (QED) is 0.788. The zero-order chi connectivity index (χ0) is 12.3. The van der Waals surface area contributed by atoms with Crippen molar-refractivity contribution in [2.45, 2.75) is 6.18 Å². The van der Waals surface area contributed by atoms with Crippen LogP contribution in [-0.2, 0) is 6.18 Å². The summed E-state index contributed by atoms with van der Waals surface area (Å²) in [6, 6.07) is 3.62. The molecular weight excluding hydrogens is 221 g/mol. The summed E-state index contributed by atoms with van der Waals surface area (Å²) in [6.45, 7) is 0. The molecule has 7 heteroatoms. The molecule has 0 aliphatic rings. The SMILES string of the molecule is CN(C)Nc1nc(C(F)(F)F)ccc1C#N. The van der Waals surface area contributed by atoms with E-state index in [1.807, 2.05) is 0 Å². The lowest BCUT2D eigenvalue weighted by molar-refractivity contribution is -0.141. The third kappa shape index (κ3) is 2.84. The Morgan fingerprint density at radius 3 is 2.44 bits per heavy atom. The number of nitriles is 1. The van der Waals surface area contributed by atoms with Gasteiger partial charge in [-0.1, -0.05) is 0 Å². The zero-order valence-electron chi connectivity index (χ0n) is 8.63. The average molecular weight is 230 g/mol.